The Morgan fingerprint density at radius 3 is 1.00 bits per heavy atom. The fraction of sp³-hybridized carbons (Fsp3) is 0.172. The topological polar surface area (TPSA) is 106 Å². The van der Waals surface area contributed by atoms with Crippen molar-refractivity contribution >= 4 is 28.9 Å². The maximum absolute atomic E-state index is 12.7. The van der Waals surface area contributed by atoms with Gasteiger partial charge in [0.25, 0.3) is 0 Å². The van der Waals surface area contributed by atoms with Crippen LogP contribution in [0.25, 0.3) is 0 Å². The van der Waals surface area contributed by atoms with Gasteiger partial charge in [0.2, 0.25) is 23.0 Å². The van der Waals surface area contributed by atoms with Gasteiger partial charge >= 0.3 is 18.9 Å². The molecule has 1 aliphatic rings. The van der Waals surface area contributed by atoms with E-state index in [2.05, 4.69) is 47.9 Å². The second-order valence-corrected chi connectivity index (χ2v) is 14.6. The molecule has 0 amide bonds. The Kier molecular flexibility index (Phi) is 30.9. The molecule has 0 radical (unpaired) electrons. The first kappa shape index (κ1) is 62.8. The Labute approximate surface area is 434 Å². The summed E-state index contributed by atoms with van der Waals surface area (Å²) in [5.41, 5.74) is 4.30. The fourth-order valence-electron chi connectivity index (χ4n) is 6.59. The molecule has 6 aromatic rings. The number of Topliss-reactive ketones (excluding diaryl/α,β-unsaturated/α-hetero) is 5. The second kappa shape index (κ2) is 35.0. The van der Waals surface area contributed by atoms with Crippen molar-refractivity contribution in [2.45, 2.75) is 61.5 Å². The average Bonchev–Trinajstić information content (AvgIpc) is 3.39. The zero-order chi connectivity index (χ0) is 51.0. The van der Waals surface area contributed by atoms with Crippen LogP contribution in [0.15, 0.2) is 193 Å². The smallest absolute Gasteiger partial charge is 0.694 e. The van der Waals surface area contributed by atoms with Crippen LogP contribution in [0.2, 0.25) is 0 Å². The molecule has 0 saturated heterocycles. The Bertz CT molecular complexity index is 2770. The van der Waals surface area contributed by atoms with Gasteiger partial charge in [0.1, 0.15) is 0 Å². The van der Waals surface area contributed by atoms with Crippen molar-refractivity contribution in [1.29, 1.82) is 0 Å². The van der Waals surface area contributed by atoms with Gasteiger partial charge in [-0.15, -0.1) is 24.2 Å². The molecular formula is C64H59LiO6. The van der Waals surface area contributed by atoms with E-state index in [1.165, 1.54) is 0 Å². The van der Waals surface area contributed by atoms with Gasteiger partial charge in [0.05, 0.1) is 11.8 Å². The van der Waals surface area contributed by atoms with Crippen molar-refractivity contribution in [3.8, 4) is 53.8 Å². The van der Waals surface area contributed by atoms with E-state index in [9.17, 15) is 29.1 Å². The third-order valence-electron chi connectivity index (χ3n) is 9.93. The third kappa shape index (κ3) is 20.1. The fourth-order valence-corrected chi connectivity index (χ4v) is 6.59. The summed E-state index contributed by atoms with van der Waals surface area (Å²) < 4.78 is 0. The third-order valence-corrected chi connectivity index (χ3v) is 9.93. The first-order valence-corrected chi connectivity index (χ1v) is 21.7. The number of aliphatic hydroxyl groups is 1. The van der Waals surface area contributed by atoms with Crippen molar-refractivity contribution in [1.82, 2.24) is 0 Å². The predicted molar refractivity (Wildman–Crippen MR) is 284 cm³/mol. The van der Waals surface area contributed by atoms with E-state index in [0.717, 1.165) is 11.1 Å². The molecule has 71 heavy (non-hydrogen) atoms. The largest absolute Gasteiger partial charge is 1.00 e. The molecule has 0 aromatic heterocycles. The molecular weight excluding hydrogens is 872 g/mol. The number of terminal acetylenes is 1. The molecule has 352 valence electrons. The summed E-state index contributed by atoms with van der Waals surface area (Å²) in [6.45, 7) is 12.1. The molecule has 2 unspecified atom stereocenters. The number of carbonyl (C=O) groups excluding carboxylic acids is 5. The summed E-state index contributed by atoms with van der Waals surface area (Å²) in [5, 5.41) is 10.1. The summed E-state index contributed by atoms with van der Waals surface area (Å²) in [6.07, 6.45) is 10.6. The summed E-state index contributed by atoms with van der Waals surface area (Å²) in [6, 6.07) is 53.9. The van der Waals surface area contributed by atoms with Gasteiger partial charge in [0, 0.05) is 33.4 Å². The van der Waals surface area contributed by atoms with Crippen molar-refractivity contribution in [2.24, 2.45) is 11.8 Å². The number of benzene rings is 6. The van der Waals surface area contributed by atoms with Crippen LogP contribution in [-0.4, -0.2) is 34.0 Å². The van der Waals surface area contributed by atoms with E-state index < -0.39 is 17.2 Å². The van der Waals surface area contributed by atoms with E-state index in [-0.39, 0.29) is 55.5 Å². The van der Waals surface area contributed by atoms with Crippen LogP contribution in [0.4, 0.5) is 0 Å². The normalized spacial score (nSPS) is 11.9. The summed E-state index contributed by atoms with van der Waals surface area (Å²) in [5.74, 6) is 18.5. The molecule has 0 saturated carbocycles. The minimum atomic E-state index is -1.33. The first-order chi connectivity index (χ1) is 33.3. The van der Waals surface area contributed by atoms with Crippen LogP contribution >= 0.6 is 0 Å². The maximum atomic E-state index is 12.7. The van der Waals surface area contributed by atoms with E-state index in [4.69, 9.17) is 6.42 Å². The van der Waals surface area contributed by atoms with Crippen molar-refractivity contribution < 1.29 is 47.9 Å². The van der Waals surface area contributed by atoms with E-state index >= 15 is 0 Å². The van der Waals surface area contributed by atoms with Gasteiger partial charge in [-0.3, -0.25) is 24.0 Å². The van der Waals surface area contributed by atoms with Crippen LogP contribution in [0.1, 0.15) is 113 Å². The number of ketones is 5. The zero-order valence-electron chi connectivity index (χ0n) is 41.0. The number of hydrogen-bond donors (Lipinski definition) is 1. The van der Waals surface area contributed by atoms with Crippen LogP contribution in [0.3, 0.4) is 0 Å². The van der Waals surface area contributed by atoms with Gasteiger partial charge in [0.15, 0.2) is 11.6 Å². The van der Waals surface area contributed by atoms with Gasteiger partial charge < -0.3 is 17.5 Å². The summed E-state index contributed by atoms with van der Waals surface area (Å²) in [4.78, 5) is 60.1. The maximum Gasteiger partial charge on any atom is 1.00 e. The van der Waals surface area contributed by atoms with Crippen LogP contribution in [0.5, 0.6) is 0 Å². The standard InChI is InChI=1S/C20H18O2.C14H10O2.C13H12O.C10H8O.C3H4.C3H3.CH4.Li/c1-13-14(2)18(20(22)16-11-7-4-8-12-16)17(13)19(21)15-9-5-3-6-10-15;15-13(11-7-3-1-4-8-11)14(16)12-9-5-2-6-10-12;1-3-10-13(14,11-4-2)12-8-6-5-7-9-12;1-2-6-10(11)9-7-4-3-5-8-9;2*1-3-2;;/h3-12,17-18H,1-2H3;1-10H;5-9,14H,1-2H3;3-5,7-8H,1H3;1H,2H3;1H3;1H4;/q;;;;;-1;;+1. The zero-order valence-corrected chi connectivity index (χ0v) is 41.0. The first-order valence-electron chi connectivity index (χ1n) is 21.7. The van der Waals surface area contributed by atoms with Crippen LogP contribution < -0.4 is 18.9 Å². The van der Waals surface area contributed by atoms with E-state index in [0.29, 0.717) is 33.4 Å². The number of hydrogen-bond acceptors (Lipinski definition) is 6. The minimum absolute atomic E-state index is 0. The molecule has 0 fully saturated rings. The molecule has 1 aliphatic carbocycles. The number of allylic oxidation sites excluding steroid dienone is 2. The van der Waals surface area contributed by atoms with Gasteiger partial charge in [-0.05, 0) is 54.4 Å². The quantitative estimate of drug-likeness (QED) is 0.0295. The Morgan fingerprint density at radius 1 is 0.479 bits per heavy atom. The second-order valence-electron chi connectivity index (χ2n) is 14.6. The van der Waals surface area contributed by atoms with Crippen molar-refractivity contribution in [2.75, 3.05) is 0 Å². The monoisotopic (exact) mass is 930 g/mol. The number of carbonyl (C=O) groups is 5. The van der Waals surface area contributed by atoms with Crippen molar-refractivity contribution in [3.05, 3.63) is 233 Å². The average molecular weight is 931 g/mol. The molecule has 1 N–H and O–H groups in total. The minimum Gasteiger partial charge on any atom is -0.694 e. The Morgan fingerprint density at radius 2 is 0.732 bits per heavy atom. The van der Waals surface area contributed by atoms with Gasteiger partial charge in [-0.25, -0.2) is 0 Å². The molecule has 7 rings (SSSR count). The van der Waals surface area contributed by atoms with Crippen molar-refractivity contribution in [3.63, 3.8) is 0 Å². The van der Waals surface area contributed by atoms with Gasteiger partial charge in [-0.1, -0.05) is 218 Å². The molecule has 6 nitrogen and oxygen atoms in total. The molecule has 0 spiro atoms. The molecule has 0 aliphatic heterocycles. The van der Waals surface area contributed by atoms with E-state index in [1.54, 1.807) is 95.3 Å². The Balaban J connectivity index is 0.000000901. The molecule has 0 heterocycles. The van der Waals surface area contributed by atoms with Crippen LogP contribution in [0, 0.1) is 72.0 Å². The molecule has 2 atom stereocenters. The molecule has 6 aromatic carbocycles. The molecule has 7 heteroatoms. The summed E-state index contributed by atoms with van der Waals surface area (Å²) in [7, 11) is 0. The summed E-state index contributed by atoms with van der Waals surface area (Å²) >= 11 is 0. The number of rotatable bonds is 9. The van der Waals surface area contributed by atoms with E-state index in [1.807, 2.05) is 141 Å². The molecule has 0 bridgehead atoms. The van der Waals surface area contributed by atoms with Gasteiger partial charge in [-0.2, -0.15) is 0 Å². The SMILES string of the molecule is C.C#CC.CC#CC(=O)c1ccccc1.CC#CC(O)(C#CC)c1ccccc1.CC1=C(C)C(C(=O)c2ccccc2)C1C(=O)c1ccccc1.O=C(C(=O)c1ccccc1)c1ccccc1.[C-]#CC.[Li+]. The van der Waals surface area contributed by atoms with Crippen LogP contribution in [-0.2, 0) is 5.60 Å². The Hall–Kier alpha value is -8.23. The predicted octanol–water partition coefficient (Wildman–Crippen LogP) is 9.78.